The number of halogens is 1. The van der Waals surface area contributed by atoms with E-state index in [1.54, 1.807) is 31.4 Å². The number of methoxy groups -OCH3 is 1. The molecule has 3 N–H and O–H groups in total. The maximum Gasteiger partial charge on any atom is 0.232 e. The van der Waals surface area contributed by atoms with Crippen LogP contribution < -0.4 is 29.9 Å². The maximum absolute atomic E-state index is 12.1. The van der Waals surface area contributed by atoms with Gasteiger partial charge < -0.3 is 25.6 Å². The molecule has 4 rings (SSSR count). The summed E-state index contributed by atoms with van der Waals surface area (Å²) in [5.41, 5.74) is 3.95. The summed E-state index contributed by atoms with van der Waals surface area (Å²) in [6.45, 7) is 5.82. The van der Waals surface area contributed by atoms with Crippen LogP contribution in [0.25, 0.3) is 0 Å². The molecule has 0 aliphatic carbocycles. The predicted molar refractivity (Wildman–Crippen MR) is 146 cm³/mol. The molecule has 1 saturated heterocycles. The van der Waals surface area contributed by atoms with Gasteiger partial charge in [0, 0.05) is 45.0 Å². The second-order valence-electron chi connectivity index (χ2n) is 8.46. The average Bonchev–Trinajstić information content (AvgIpc) is 2.86. The van der Waals surface area contributed by atoms with Gasteiger partial charge in [-0.25, -0.2) is 13.4 Å². The van der Waals surface area contributed by atoms with E-state index in [4.69, 9.17) is 16.3 Å². The minimum atomic E-state index is -3.46. The highest BCUT2D eigenvalue weighted by molar-refractivity contribution is 7.92. The van der Waals surface area contributed by atoms with Crippen molar-refractivity contribution in [3.63, 3.8) is 0 Å². The molecular weight excluding hydrogens is 502 g/mol. The molecule has 1 fully saturated rings. The lowest BCUT2D eigenvalue weighted by atomic mass is 10.1. The first kappa shape index (κ1) is 25.8. The van der Waals surface area contributed by atoms with Crippen LogP contribution in [0.2, 0.25) is 5.02 Å². The molecule has 1 aliphatic rings. The number of aromatic nitrogens is 2. The molecule has 1 aromatic heterocycles. The highest BCUT2D eigenvalue weighted by Gasteiger charge is 2.19. The Balaban J connectivity index is 1.62. The zero-order valence-corrected chi connectivity index (χ0v) is 22.2. The van der Waals surface area contributed by atoms with Gasteiger partial charge in [-0.1, -0.05) is 23.7 Å². The van der Waals surface area contributed by atoms with Gasteiger partial charge in [0.1, 0.15) is 10.8 Å². The zero-order chi connectivity index (χ0) is 25.9. The number of piperazine rings is 1. The highest BCUT2D eigenvalue weighted by atomic mass is 35.5. The predicted octanol–water partition coefficient (Wildman–Crippen LogP) is 3.74. The van der Waals surface area contributed by atoms with Gasteiger partial charge in [0.2, 0.25) is 16.0 Å². The van der Waals surface area contributed by atoms with Gasteiger partial charge in [0.05, 0.1) is 36.6 Å². The summed E-state index contributed by atoms with van der Waals surface area (Å²) >= 11 is 6.38. The van der Waals surface area contributed by atoms with Crippen molar-refractivity contribution in [3.8, 4) is 5.75 Å². The van der Waals surface area contributed by atoms with E-state index < -0.39 is 10.0 Å². The minimum absolute atomic E-state index is 0.287. The number of rotatable bonds is 8. The first-order valence-electron chi connectivity index (χ1n) is 11.4. The van der Waals surface area contributed by atoms with E-state index in [0.717, 1.165) is 49.4 Å². The Bertz CT molecular complexity index is 1350. The summed E-state index contributed by atoms with van der Waals surface area (Å²) in [7, 11) is -0.342. The molecule has 1 aliphatic heterocycles. The van der Waals surface area contributed by atoms with Crippen molar-refractivity contribution >= 4 is 56.1 Å². The van der Waals surface area contributed by atoms with E-state index in [2.05, 4.69) is 37.7 Å². The Kier molecular flexibility index (Phi) is 7.72. The maximum atomic E-state index is 12.1. The fourth-order valence-electron chi connectivity index (χ4n) is 3.99. The van der Waals surface area contributed by atoms with E-state index >= 15 is 0 Å². The fourth-order valence-corrected chi connectivity index (χ4v) is 4.64. The van der Waals surface area contributed by atoms with Gasteiger partial charge in [-0.2, -0.15) is 4.98 Å². The molecule has 192 valence electrons. The topological polar surface area (TPSA) is 112 Å². The van der Waals surface area contributed by atoms with Gasteiger partial charge in [-0.15, -0.1) is 0 Å². The Morgan fingerprint density at radius 3 is 2.56 bits per heavy atom. The molecule has 2 aromatic carbocycles. The van der Waals surface area contributed by atoms with Crippen molar-refractivity contribution in [2.45, 2.75) is 6.92 Å². The van der Waals surface area contributed by atoms with Gasteiger partial charge >= 0.3 is 0 Å². The van der Waals surface area contributed by atoms with Crippen molar-refractivity contribution in [1.29, 1.82) is 0 Å². The smallest absolute Gasteiger partial charge is 0.232 e. The van der Waals surface area contributed by atoms with Crippen LogP contribution in [0, 0.1) is 6.92 Å². The summed E-state index contributed by atoms with van der Waals surface area (Å²) in [5.74, 6) is 1.31. The summed E-state index contributed by atoms with van der Waals surface area (Å²) in [6.07, 6.45) is 2.63. The number of hydrogen-bond acceptors (Lipinski definition) is 9. The van der Waals surface area contributed by atoms with Crippen molar-refractivity contribution in [2.75, 3.05) is 66.4 Å². The SMILES string of the molecule is COc1cc(N2CCNCC2)c(C)cc1Nc1ncc(Cl)c(Nc2ccccc2N(C)S(C)(=O)=O)n1. The van der Waals surface area contributed by atoms with Crippen LogP contribution in [0.4, 0.5) is 34.5 Å². The third-order valence-electron chi connectivity index (χ3n) is 5.96. The van der Waals surface area contributed by atoms with Crippen LogP contribution in [-0.4, -0.2) is 65.0 Å². The lowest BCUT2D eigenvalue weighted by Crippen LogP contribution is -2.43. The summed E-state index contributed by atoms with van der Waals surface area (Å²) < 4.78 is 31.0. The summed E-state index contributed by atoms with van der Waals surface area (Å²) in [5, 5.41) is 10.0. The molecule has 0 saturated carbocycles. The molecule has 0 spiro atoms. The fraction of sp³-hybridized carbons (Fsp3) is 0.333. The number of hydrogen-bond donors (Lipinski definition) is 3. The standard InChI is InChI=1S/C24H30ClN7O3S/c1-16-13-19(22(35-3)14-21(16)32-11-9-26-10-12-32)29-24-27-15-17(25)23(30-24)28-18-7-5-6-8-20(18)31(2)36(4,33)34/h5-8,13-15,26H,9-12H2,1-4H3,(H2,27,28,29,30). The molecule has 0 atom stereocenters. The average molecular weight is 532 g/mol. The molecule has 12 heteroatoms. The number of aryl methyl sites for hydroxylation is 1. The second-order valence-corrected chi connectivity index (χ2v) is 10.9. The Hall–Kier alpha value is -3.28. The molecule has 0 amide bonds. The number of nitrogens with zero attached hydrogens (tertiary/aromatic N) is 4. The molecule has 2 heterocycles. The van der Waals surface area contributed by atoms with Gasteiger partial charge in [-0.05, 0) is 30.7 Å². The van der Waals surface area contributed by atoms with Crippen molar-refractivity contribution in [1.82, 2.24) is 15.3 Å². The lowest BCUT2D eigenvalue weighted by molar-refractivity contribution is 0.416. The van der Waals surface area contributed by atoms with E-state index in [1.165, 1.54) is 17.5 Å². The Labute approximate surface area is 216 Å². The zero-order valence-electron chi connectivity index (χ0n) is 20.7. The largest absolute Gasteiger partial charge is 0.494 e. The van der Waals surface area contributed by atoms with E-state index in [9.17, 15) is 8.42 Å². The Morgan fingerprint density at radius 2 is 1.86 bits per heavy atom. The molecule has 10 nitrogen and oxygen atoms in total. The minimum Gasteiger partial charge on any atom is -0.494 e. The third kappa shape index (κ3) is 5.75. The quantitative estimate of drug-likeness (QED) is 0.400. The monoisotopic (exact) mass is 531 g/mol. The number of para-hydroxylation sites is 2. The van der Waals surface area contributed by atoms with E-state index in [1.807, 2.05) is 12.1 Å². The number of nitrogens with one attached hydrogen (secondary N) is 3. The van der Waals surface area contributed by atoms with Crippen LogP contribution in [0.5, 0.6) is 5.75 Å². The van der Waals surface area contributed by atoms with Crippen LogP contribution in [-0.2, 0) is 10.0 Å². The van der Waals surface area contributed by atoms with Crippen LogP contribution in [0.3, 0.4) is 0 Å². The third-order valence-corrected chi connectivity index (χ3v) is 7.43. The number of anilines is 6. The summed E-state index contributed by atoms with van der Waals surface area (Å²) in [6, 6.07) is 11.0. The number of sulfonamides is 1. The first-order chi connectivity index (χ1) is 17.2. The van der Waals surface area contributed by atoms with Crippen LogP contribution >= 0.6 is 11.6 Å². The van der Waals surface area contributed by atoms with Crippen LogP contribution in [0.15, 0.2) is 42.6 Å². The van der Waals surface area contributed by atoms with Gasteiger partial charge in [0.25, 0.3) is 0 Å². The molecule has 0 radical (unpaired) electrons. The highest BCUT2D eigenvalue weighted by Crippen LogP contribution is 2.36. The lowest BCUT2D eigenvalue weighted by Gasteiger charge is -2.31. The van der Waals surface area contributed by atoms with E-state index in [0.29, 0.717) is 28.9 Å². The van der Waals surface area contributed by atoms with Gasteiger partial charge in [0.15, 0.2) is 5.82 Å². The summed E-state index contributed by atoms with van der Waals surface area (Å²) in [4.78, 5) is 11.2. The van der Waals surface area contributed by atoms with Gasteiger partial charge in [-0.3, -0.25) is 4.31 Å². The first-order valence-corrected chi connectivity index (χ1v) is 13.6. The normalized spacial score (nSPS) is 13.9. The Morgan fingerprint density at radius 1 is 1.14 bits per heavy atom. The molecule has 3 aromatic rings. The molecule has 0 bridgehead atoms. The van der Waals surface area contributed by atoms with E-state index in [-0.39, 0.29) is 5.02 Å². The van der Waals surface area contributed by atoms with Crippen molar-refractivity contribution in [2.24, 2.45) is 0 Å². The van der Waals surface area contributed by atoms with Crippen LogP contribution in [0.1, 0.15) is 5.56 Å². The van der Waals surface area contributed by atoms with Crippen molar-refractivity contribution < 1.29 is 13.2 Å². The second kappa shape index (κ2) is 10.8. The molecule has 0 unspecified atom stereocenters. The number of benzene rings is 2. The van der Waals surface area contributed by atoms with Crippen molar-refractivity contribution in [3.05, 3.63) is 53.2 Å². The molecule has 36 heavy (non-hydrogen) atoms. The number of ether oxygens (including phenoxy) is 1. The molecular formula is C24H30ClN7O3S.